The molecule has 0 radical (unpaired) electrons. The van der Waals surface area contributed by atoms with Gasteiger partial charge in [0.25, 0.3) is 5.91 Å². The second-order valence-electron chi connectivity index (χ2n) is 10.1. The van der Waals surface area contributed by atoms with Crippen molar-refractivity contribution in [3.05, 3.63) is 60.8 Å². The van der Waals surface area contributed by atoms with E-state index < -0.39 is 5.91 Å². The summed E-state index contributed by atoms with van der Waals surface area (Å²) in [6, 6.07) is 9.43. The third-order valence-electron chi connectivity index (χ3n) is 7.37. The van der Waals surface area contributed by atoms with Crippen LogP contribution in [0, 0.1) is 5.92 Å². The molecule has 2 aliphatic rings. The van der Waals surface area contributed by atoms with E-state index in [-0.39, 0.29) is 41.8 Å². The van der Waals surface area contributed by atoms with Gasteiger partial charge in [0, 0.05) is 55.6 Å². The second kappa shape index (κ2) is 11.1. The fraction of sp³-hybridized carbons (Fsp3) is 0.333. The number of benzene rings is 1. The molecule has 10 N–H and O–H groups in total. The highest BCUT2D eigenvalue weighted by atomic mass is 16.2. The topological polar surface area (TPSA) is 185 Å². The molecule has 2 aromatic heterocycles. The van der Waals surface area contributed by atoms with Crippen LogP contribution in [0.4, 0.5) is 22.7 Å². The van der Waals surface area contributed by atoms with Gasteiger partial charge in [-0.3, -0.25) is 14.6 Å². The van der Waals surface area contributed by atoms with E-state index >= 15 is 0 Å². The van der Waals surface area contributed by atoms with Crippen molar-refractivity contribution in [2.24, 2.45) is 17.4 Å². The number of pyridine rings is 2. The van der Waals surface area contributed by atoms with Gasteiger partial charge in [0.05, 0.1) is 41.4 Å². The van der Waals surface area contributed by atoms with Crippen LogP contribution in [0.3, 0.4) is 0 Å². The number of aromatic nitrogens is 2. The molecule has 1 aromatic carbocycles. The zero-order chi connectivity index (χ0) is 27.5. The number of carbonyl (C=O) groups excluding carboxylic acids is 2. The van der Waals surface area contributed by atoms with Gasteiger partial charge in [0.2, 0.25) is 5.91 Å². The highest BCUT2D eigenvalue weighted by Gasteiger charge is 2.35. The molecule has 2 aliphatic heterocycles. The van der Waals surface area contributed by atoms with Crippen LogP contribution in [0.5, 0.6) is 0 Å². The van der Waals surface area contributed by atoms with E-state index in [9.17, 15) is 9.59 Å². The molecule has 0 spiro atoms. The Morgan fingerprint density at radius 3 is 2.85 bits per heavy atom. The Kier molecular flexibility index (Phi) is 7.48. The number of nitrogens with zero attached hydrogens (tertiary/aromatic N) is 4. The van der Waals surface area contributed by atoms with Crippen molar-refractivity contribution in [3.63, 3.8) is 0 Å². The zero-order valence-electron chi connectivity index (χ0n) is 21.9. The summed E-state index contributed by atoms with van der Waals surface area (Å²) in [5.74, 6) is -0.177. The van der Waals surface area contributed by atoms with E-state index in [1.165, 1.54) is 6.20 Å². The Labute approximate surface area is 226 Å². The number of quaternary nitrogens is 1. The Hall–Kier alpha value is -4.42. The molecule has 0 unspecified atom stereocenters. The summed E-state index contributed by atoms with van der Waals surface area (Å²) in [4.78, 5) is 38.3. The fourth-order valence-corrected chi connectivity index (χ4v) is 5.41. The van der Waals surface area contributed by atoms with Crippen molar-refractivity contribution >= 4 is 45.5 Å². The number of carbonyl (C=O) groups is 2. The first-order valence-corrected chi connectivity index (χ1v) is 13.0. The molecule has 2 saturated heterocycles. The minimum Gasteiger partial charge on any atom is -0.400 e. The van der Waals surface area contributed by atoms with Gasteiger partial charge in [-0.25, -0.2) is 4.98 Å². The molecular weight excluding hydrogens is 496 g/mol. The van der Waals surface area contributed by atoms with Crippen LogP contribution in [-0.4, -0.2) is 66.6 Å². The summed E-state index contributed by atoms with van der Waals surface area (Å²) in [7, 11) is 0. The number of piperazine rings is 1. The highest BCUT2D eigenvalue weighted by molar-refractivity contribution is 6.09. The summed E-state index contributed by atoms with van der Waals surface area (Å²) in [5.41, 5.74) is 21.6. The largest absolute Gasteiger partial charge is 0.400 e. The van der Waals surface area contributed by atoms with Crippen LogP contribution in [-0.2, 0) is 4.79 Å². The smallest absolute Gasteiger partial charge is 0.276 e. The summed E-state index contributed by atoms with van der Waals surface area (Å²) in [6.45, 7) is 5.08. The van der Waals surface area contributed by atoms with Crippen LogP contribution >= 0.6 is 0 Å². The van der Waals surface area contributed by atoms with Gasteiger partial charge in [-0.05, 0) is 24.3 Å². The monoisotopic (exact) mass is 531 g/mol. The van der Waals surface area contributed by atoms with E-state index in [0.29, 0.717) is 30.8 Å². The molecule has 5 rings (SSSR count). The SMILES string of the molecule is C[C@H]1CN(c2ccncc2NC(=O)c2nc3cc(N4CCNC(=O)C4)ccc3cc2N)C[C@@H](N)[C@H]1[NH2+]/C=C\N. The number of rotatable bonds is 6. The molecular formula is C27H35N10O2+. The van der Waals surface area contributed by atoms with Gasteiger partial charge in [0.1, 0.15) is 12.2 Å². The molecule has 204 valence electrons. The average molecular weight is 532 g/mol. The van der Waals surface area contributed by atoms with Crippen LogP contribution < -0.4 is 43.0 Å². The molecule has 12 nitrogen and oxygen atoms in total. The number of anilines is 4. The lowest BCUT2D eigenvalue weighted by molar-refractivity contribution is -0.637. The van der Waals surface area contributed by atoms with E-state index in [2.05, 4.69) is 37.7 Å². The molecule has 39 heavy (non-hydrogen) atoms. The van der Waals surface area contributed by atoms with Gasteiger partial charge < -0.3 is 43.0 Å². The minimum absolute atomic E-state index is 0.0240. The first-order chi connectivity index (χ1) is 18.8. The maximum absolute atomic E-state index is 13.4. The Morgan fingerprint density at radius 1 is 1.23 bits per heavy atom. The number of nitrogens with two attached hydrogens (primary N) is 4. The van der Waals surface area contributed by atoms with Crippen molar-refractivity contribution in [2.75, 3.05) is 53.6 Å². The number of fused-ring (bicyclic) bond motifs is 1. The van der Waals surface area contributed by atoms with Crippen molar-refractivity contribution in [1.29, 1.82) is 0 Å². The summed E-state index contributed by atoms with van der Waals surface area (Å²) in [6.07, 6.45) is 6.67. The van der Waals surface area contributed by atoms with Gasteiger partial charge in [-0.2, -0.15) is 0 Å². The van der Waals surface area contributed by atoms with Crippen LogP contribution in [0.2, 0.25) is 0 Å². The van der Waals surface area contributed by atoms with E-state index in [1.807, 2.05) is 35.4 Å². The predicted molar refractivity (Wildman–Crippen MR) is 152 cm³/mol. The fourth-order valence-electron chi connectivity index (χ4n) is 5.41. The first-order valence-electron chi connectivity index (χ1n) is 13.0. The molecule has 3 aromatic rings. The van der Waals surface area contributed by atoms with Crippen molar-refractivity contribution < 1.29 is 14.9 Å². The number of amides is 2. The lowest BCUT2D eigenvalue weighted by atomic mass is 9.90. The second-order valence-corrected chi connectivity index (χ2v) is 10.1. The molecule has 0 saturated carbocycles. The molecule has 3 atom stereocenters. The lowest BCUT2D eigenvalue weighted by Crippen LogP contribution is -2.92. The standard InChI is InChI=1S/C27H34N10O2/c1-16-13-37(14-20(30)25(16)33-7-5-28)23-4-6-31-12-22(23)35-27(39)26-19(29)10-17-2-3-18(11-21(17)34-26)36-9-8-32-24(38)15-36/h2-7,10-12,16,20,25,33H,8-9,13-15,28-30H2,1H3,(H,32,38)(H,35,39)/p+1/b7-5-/t16-,20+,25-/m0/s1. The number of hydrogen-bond donors (Lipinski definition) is 6. The average Bonchev–Trinajstić information content (AvgIpc) is 2.92. The van der Waals surface area contributed by atoms with E-state index in [1.54, 1.807) is 18.5 Å². The van der Waals surface area contributed by atoms with Gasteiger partial charge in [-0.15, -0.1) is 0 Å². The third-order valence-corrected chi connectivity index (χ3v) is 7.37. The number of nitrogen functional groups attached to an aromatic ring is 1. The van der Waals surface area contributed by atoms with Crippen molar-refractivity contribution in [2.45, 2.75) is 19.0 Å². The Morgan fingerprint density at radius 2 is 2.08 bits per heavy atom. The highest BCUT2D eigenvalue weighted by Crippen LogP contribution is 2.30. The zero-order valence-corrected chi connectivity index (χ0v) is 21.9. The molecule has 0 bridgehead atoms. The van der Waals surface area contributed by atoms with Crippen LogP contribution in [0.25, 0.3) is 10.9 Å². The van der Waals surface area contributed by atoms with Crippen molar-refractivity contribution in [3.8, 4) is 0 Å². The van der Waals surface area contributed by atoms with E-state index in [0.717, 1.165) is 23.3 Å². The van der Waals surface area contributed by atoms with Crippen LogP contribution in [0.1, 0.15) is 17.4 Å². The number of nitrogens with one attached hydrogen (secondary N) is 2. The summed E-state index contributed by atoms with van der Waals surface area (Å²) >= 11 is 0. The normalized spacial score (nSPS) is 21.8. The van der Waals surface area contributed by atoms with Crippen LogP contribution in [0.15, 0.2) is 55.1 Å². The van der Waals surface area contributed by atoms with E-state index in [4.69, 9.17) is 17.2 Å². The quantitative estimate of drug-likeness (QED) is 0.245. The molecule has 4 heterocycles. The number of piperidine rings is 1. The summed E-state index contributed by atoms with van der Waals surface area (Å²) < 4.78 is 0. The molecule has 12 heteroatoms. The van der Waals surface area contributed by atoms with Gasteiger partial charge >= 0.3 is 0 Å². The Balaban J connectivity index is 1.38. The number of hydrogen-bond acceptors (Lipinski definition) is 9. The Bertz CT molecular complexity index is 1400. The van der Waals surface area contributed by atoms with Crippen molar-refractivity contribution in [1.82, 2.24) is 15.3 Å². The molecule has 0 aliphatic carbocycles. The molecule has 2 fully saturated rings. The van der Waals surface area contributed by atoms with Gasteiger partial charge in [-0.1, -0.05) is 13.0 Å². The maximum Gasteiger partial charge on any atom is 0.276 e. The first kappa shape index (κ1) is 26.2. The lowest BCUT2D eigenvalue weighted by Gasteiger charge is -2.40. The maximum atomic E-state index is 13.4. The minimum atomic E-state index is -0.431. The predicted octanol–water partition coefficient (Wildman–Crippen LogP) is -0.454. The van der Waals surface area contributed by atoms with Gasteiger partial charge in [0.15, 0.2) is 5.69 Å². The molecule has 2 amide bonds. The summed E-state index contributed by atoms with van der Waals surface area (Å²) in [5, 5.41) is 8.66. The third kappa shape index (κ3) is 5.56.